The van der Waals surface area contributed by atoms with Crippen LogP contribution in [0.2, 0.25) is 0 Å². The zero-order valence-corrected chi connectivity index (χ0v) is 11.6. The lowest BCUT2D eigenvalue weighted by atomic mass is 9.97. The lowest BCUT2D eigenvalue weighted by Crippen LogP contribution is -2.28. The summed E-state index contributed by atoms with van der Waals surface area (Å²) >= 11 is 0. The maximum Gasteiger partial charge on any atom is 0.255 e. The minimum absolute atomic E-state index is 0.0211. The molecule has 0 aliphatic heterocycles. The predicted octanol–water partition coefficient (Wildman–Crippen LogP) is 2.51. The van der Waals surface area contributed by atoms with Crippen LogP contribution >= 0.6 is 0 Å². The number of amides is 1. The highest BCUT2D eigenvalue weighted by Crippen LogP contribution is 2.16. The molecular weight excluding hydrogens is 264 g/mol. The average Bonchev–Trinajstić information content (AvgIpc) is 2.54. The van der Waals surface area contributed by atoms with Gasteiger partial charge in [0.25, 0.3) is 5.91 Å². The van der Waals surface area contributed by atoms with Crippen molar-refractivity contribution in [1.29, 1.82) is 5.26 Å². The van der Waals surface area contributed by atoms with Crippen LogP contribution in [0.4, 0.5) is 0 Å². The van der Waals surface area contributed by atoms with Crippen molar-refractivity contribution in [2.75, 3.05) is 13.6 Å². The van der Waals surface area contributed by atoms with E-state index in [1.807, 2.05) is 12.1 Å². The van der Waals surface area contributed by atoms with Gasteiger partial charge >= 0.3 is 0 Å². The molecule has 0 N–H and O–H groups in total. The normalized spacial score (nSPS) is 9.71. The standard InChI is InChI=1S/C17H14N2O2/c1-19(12-11-18)17(21)15-10-6-5-9-14(15)16(20)13-7-3-2-4-8-13/h2-10H,12H2,1H3. The number of nitrogens with zero attached hydrogens (tertiary/aromatic N) is 2. The van der Waals surface area contributed by atoms with E-state index in [1.54, 1.807) is 48.5 Å². The molecule has 0 bridgehead atoms. The zero-order valence-electron chi connectivity index (χ0n) is 11.6. The van der Waals surface area contributed by atoms with Gasteiger partial charge < -0.3 is 4.90 Å². The molecule has 2 aromatic carbocycles. The minimum Gasteiger partial charge on any atom is -0.328 e. The van der Waals surface area contributed by atoms with Gasteiger partial charge in [-0.25, -0.2) is 0 Å². The van der Waals surface area contributed by atoms with Crippen LogP contribution in [-0.2, 0) is 0 Å². The number of rotatable bonds is 4. The van der Waals surface area contributed by atoms with Crippen LogP contribution in [0.15, 0.2) is 54.6 Å². The third kappa shape index (κ3) is 3.15. The number of hydrogen-bond acceptors (Lipinski definition) is 3. The first-order valence-corrected chi connectivity index (χ1v) is 6.46. The fourth-order valence-electron chi connectivity index (χ4n) is 2.00. The van der Waals surface area contributed by atoms with Gasteiger partial charge in [-0.1, -0.05) is 48.5 Å². The van der Waals surface area contributed by atoms with E-state index in [-0.39, 0.29) is 18.2 Å². The van der Waals surface area contributed by atoms with Crippen LogP contribution in [0.25, 0.3) is 0 Å². The summed E-state index contributed by atoms with van der Waals surface area (Å²) < 4.78 is 0. The van der Waals surface area contributed by atoms with E-state index in [0.29, 0.717) is 16.7 Å². The summed E-state index contributed by atoms with van der Waals surface area (Å²) in [5, 5.41) is 8.68. The number of hydrogen-bond donors (Lipinski definition) is 0. The molecule has 2 rings (SSSR count). The second-order valence-corrected chi connectivity index (χ2v) is 4.56. The Hall–Kier alpha value is -2.93. The van der Waals surface area contributed by atoms with Gasteiger partial charge in [0.1, 0.15) is 6.54 Å². The molecule has 0 radical (unpaired) electrons. The molecule has 0 aromatic heterocycles. The summed E-state index contributed by atoms with van der Waals surface area (Å²) in [5.41, 5.74) is 1.18. The number of carbonyl (C=O) groups excluding carboxylic acids is 2. The number of ketones is 1. The summed E-state index contributed by atoms with van der Waals surface area (Å²) in [6, 6.07) is 17.4. The van der Waals surface area contributed by atoms with Gasteiger partial charge in [0, 0.05) is 18.2 Å². The highest BCUT2D eigenvalue weighted by Gasteiger charge is 2.20. The van der Waals surface area contributed by atoms with E-state index < -0.39 is 0 Å². The molecule has 104 valence electrons. The van der Waals surface area contributed by atoms with Gasteiger partial charge in [-0.15, -0.1) is 0 Å². The van der Waals surface area contributed by atoms with E-state index >= 15 is 0 Å². The summed E-state index contributed by atoms with van der Waals surface area (Å²) in [5.74, 6) is -0.540. The molecule has 0 heterocycles. The first kappa shape index (κ1) is 14.5. The minimum atomic E-state index is -0.337. The maximum absolute atomic E-state index is 12.5. The Morgan fingerprint density at radius 3 is 2.19 bits per heavy atom. The Kier molecular flexibility index (Phi) is 4.47. The fourth-order valence-corrected chi connectivity index (χ4v) is 2.00. The Labute approximate surface area is 123 Å². The van der Waals surface area contributed by atoms with E-state index in [1.165, 1.54) is 11.9 Å². The van der Waals surface area contributed by atoms with Crippen molar-refractivity contribution >= 4 is 11.7 Å². The molecule has 0 aliphatic rings. The van der Waals surface area contributed by atoms with Crippen LogP contribution in [0.5, 0.6) is 0 Å². The molecule has 0 fully saturated rings. The molecule has 4 nitrogen and oxygen atoms in total. The molecule has 0 spiro atoms. The van der Waals surface area contributed by atoms with Crippen LogP contribution in [-0.4, -0.2) is 30.2 Å². The maximum atomic E-state index is 12.5. The first-order chi connectivity index (χ1) is 10.1. The highest BCUT2D eigenvalue weighted by molar-refractivity contribution is 6.15. The van der Waals surface area contributed by atoms with Gasteiger partial charge in [-0.05, 0) is 6.07 Å². The fraction of sp³-hybridized carbons (Fsp3) is 0.118. The van der Waals surface area contributed by atoms with Crippen molar-refractivity contribution in [3.8, 4) is 6.07 Å². The van der Waals surface area contributed by atoms with Crippen LogP contribution < -0.4 is 0 Å². The van der Waals surface area contributed by atoms with E-state index in [9.17, 15) is 9.59 Å². The quantitative estimate of drug-likeness (QED) is 0.637. The van der Waals surface area contributed by atoms with Crippen molar-refractivity contribution in [2.24, 2.45) is 0 Å². The molecule has 0 saturated carbocycles. The highest BCUT2D eigenvalue weighted by atomic mass is 16.2. The molecule has 4 heteroatoms. The van der Waals surface area contributed by atoms with Crippen molar-refractivity contribution in [3.05, 3.63) is 71.3 Å². The lowest BCUT2D eigenvalue weighted by Gasteiger charge is -2.15. The van der Waals surface area contributed by atoms with Gasteiger partial charge in [0.05, 0.1) is 11.6 Å². The van der Waals surface area contributed by atoms with Gasteiger partial charge in [-0.2, -0.15) is 5.26 Å². The smallest absolute Gasteiger partial charge is 0.255 e. The zero-order chi connectivity index (χ0) is 15.2. The molecule has 0 saturated heterocycles. The average molecular weight is 278 g/mol. The molecule has 21 heavy (non-hydrogen) atoms. The number of benzene rings is 2. The molecule has 0 atom stereocenters. The van der Waals surface area contributed by atoms with Crippen molar-refractivity contribution < 1.29 is 9.59 Å². The van der Waals surface area contributed by atoms with E-state index in [4.69, 9.17) is 5.26 Å². The summed E-state index contributed by atoms with van der Waals surface area (Å²) in [6.07, 6.45) is 0. The van der Waals surface area contributed by atoms with E-state index in [0.717, 1.165) is 0 Å². The van der Waals surface area contributed by atoms with Crippen LogP contribution in [0.1, 0.15) is 26.3 Å². The third-order valence-electron chi connectivity index (χ3n) is 3.09. The third-order valence-corrected chi connectivity index (χ3v) is 3.09. The molecule has 1 amide bonds. The van der Waals surface area contributed by atoms with Gasteiger partial charge in [0.2, 0.25) is 0 Å². The molecule has 0 aliphatic carbocycles. The monoisotopic (exact) mass is 278 g/mol. The second kappa shape index (κ2) is 6.49. The van der Waals surface area contributed by atoms with Crippen LogP contribution in [0.3, 0.4) is 0 Å². The SMILES string of the molecule is CN(CC#N)C(=O)c1ccccc1C(=O)c1ccccc1. The Morgan fingerprint density at radius 1 is 1.00 bits per heavy atom. The van der Waals surface area contributed by atoms with Crippen molar-refractivity contribution in [1.82, 2.24) is 4.90 Å². The summed E-state index contributed by atoms with van der Waals surface area (Å²) in [4.78, 5) is 26.1. The van der Waals surface area contributed by atoms with Crippen LogP contribution in [0, 0.1) is 11.3 Å². The topological polar surface area (TPSA) is 61.2 Å². The largest absolute Gasteiger partial charge is 0.328 e. The second-order valence-electron chi connectivity index (χ2n) is 4.56. The first-order valence-electron chi connectivity index (χ1n) is 6.46. The van der Waals surface area contributed by atoms with Gasteiger partial charge in [0.15, 0.2) is 5.78 Å². The molecule has 0 unspecified atom stereocenters. The van der Waals surface area contributed by atoms with Gasteiger partial charge in [-0.3, -0.25) is 9.59 Å². The molecular formula is C17H14N2O2. The lowest BCUT2D eigenvalue weighted by molar-refractivity contribution is 0.0807. The number of carbonyl (C=O) groups is 2. The summed E-state index contributed by atoms with van der Waals surface area (Å²) in [7, 11) is 1.54. The van der Waals surface area contributed by atoms with Crippen molar-refractivity contribution in [2.45, 2.75) is 0 Å². The van der Waals surface area contributed by atoms with Crippen molar-refractivity contribution in [3.63, 3.8) is 0 Å². The van der Waals surface area contributed by atoms with E-state index in [2.05, 4.69) is 0 Å². The number of nitriles is 1. The molecule has 2 aromatic rings. The predicted molar refractivity (Wildman–Crippen MR) is 78.9 cm³/mol. The summed E-state index contributed by atoms with van der Waals surface area (Å²) in [6.45, 7) is -0.0211. The Balaban J connectivity index is 2.40. The Morgan fingerprint density at radius 2 is 1.57 bits per heavy atom. The Bertz CT molecular complexity index is 702.